The summed E-state index contributed by atoms with van der Waals surface area (Å²) in [7, 11) is 1.53. The molecule has 0 saturated heterocycles. The van der Waals surface area contributed by atoms with Crippen LogP contribution in [0.4, 0.5) is 5.69 Å². The summed E-state index contributed by atoms with van der Waals surface area (Å²) in [6, 6.07) is 11.5. The Morgan fingerprint density at radius 1 is 1.14 bits per heavy atom. The second-order valence-corrected chi connectivity index (χ2v) is 5.58. The zero-order chi connectivity index (χ0) is 20.4. The maximum atomic E-state index is 12.1. The lowest BCUT2D eigenvalue weighted by molar-refractivity contribution is -0.111. The number of ether oxygens (including phenoxy) is 2. The molecule has 0 fully saturated rings. The first kappa shape index (κ1) is 20.6. The zero-order valence-corrected chi connectivity index (χ0v) is 15.7. The van der Waals surface area contributed by atoms with Crippen molar-refractivity contribution >= 4 is 23.6 Å². The standard InChI is InChI=1S/C22H21NO5/c1-3-4-7-14-28-19-12-10-16(15-20(19)27-2)11-13-21(24)23-18-9-6-5-8-17(18)22(25)26/h5-6,8-13,15H,3,14H2,1-2H3,(H,23,24)(H,25,26)/b13-11+. The van der Waals surface area contributed by atoms with Crippen molar-refractivity contribution in [2.24, 2.45) is 0 Å². The van der Waals surface area contributed by atoms with Gasteiger partial charge in [0, 0.05) is 12.5 Å². The van der Waals surface area contributed by atoms with Crippen LogP contribution in [0.25, 0.3) is 6.08 Å². The number of anilines is 1. The van der Waals surface area contributed by atoms with E-state index in [0.717, 1.165) is 12.0 Å². The summed E-state index contributed by atoms with van der Waals surface area (Å²) < 4.78 is 10.9. The molecule has 0 saturated carbocycles. The third-order valence-corrected chi connectivity index (χ3v) is 3.63. The highest BCUT2D eigenvalue weighted by Gasteiger charge is 2.10. The fourth-order valence-electron chi connectivity index (χ4n) is 2.32. The maximum absolute atomic E-state index is 12.1. The monoisotopic (exact) mass is 379 g/mol. The minimum Gasteiger partial charge on any atom is -0.493 e. The van der Waals surface area contributed by atoms with Crippen LogP contribution < -0.4 is 14.8 Å². The molecule has 0 heterocycles. The predicted molar refractivity (Wildman–Crippen MR) is 108 cm³/mol. The third kappa shape index (κ3) is 5.92. The van der Waals surface area contributed by atoms with Gasteiger partial charge in [0.2, 0.25) is 5.91 Å². The van der Waals surface area contributed by atoms with Crippen molar-refractivity contribution in [2.75, 3.05) is 19.0 Å². The average Bonchev–Trinajstić information content (AvgIpc) is 2.70. The normalized spacial score (nSPS) is 10.1. The van der Waals surface area contributed by atoms with E-state index in [1.54, 1.807) is 36.4 Å². The maximum Gasteiger partial charge on any atom is 0.337 e. The molecule has 2 aromatic carbocycles. The number of carbonyl (C=O) groups excluding carboxylic acids is 1. The minimum absolute atomic E-state index is 0.0265. The molecule has 0 aliphatic heterocycles. The number of benzene rings is 2. The van der Waals surface area contributed by atoms with Crippen molar-refractivity contribution in [3.63, 3.8) is 0 Å². The number of aromatic carboxylic acids is 1. The lowest BCUT2D eigenvalue weighted by atomic mass is 10.1. The third-order valence-electron chi connectivity index (χ3n) is 3.63. The molecule has 0 bridgehead atoms. The molecule has 6 heteroatoms. The molecule has 0 aliphatic carbocycles. The highest BCUT2D eigenvalue weighted by molar-refractivity contribution is 6.06. The largest absolute Gasteiger partial charge is 0.493 e. The van der Waals surface area contributed by atoms with Crippen molar-refractivity contribution in [1.82, 2.24) is 0 Å². The van der Waals surface area contributed by atoms with E-state index >= 15 is 0 Å². The predicted octanol–water partition coefficient (Wildman–Crippen LogP) is 3.84. The van der Waals surface area contributed by atoms with Gasteiger partial charge in [-0.15, -0.1) is 5.92 Å². The Morgan fingerprint density at radius 3 is 2.64 bits per heavy atom. The van der Waals surface area contributed by atoms with Crippen LogP contribution in [0.15, 0.2) is 48.5 Å². The van der Waals surface area contributed by atoms with E-state index in [1.807, 2.05) is 6.92 Å². The molecule has 2 aromatic rings. The first-order chi connectivity index (χ1) is 13.5. The fraction of sp³-hybridized carbons (Fsp3) is 0.182. The number of nitrogens with one attached hydrogen (secondary N) is 1. The van der Waals surface area contributed by atoms with Crippen LogP contribution in [0.3, 0.4) is 0 Å². The molecular formula is C22H21NO5. The molecule has 2 rings (SSSR count). The van der Waals surface area contributed by atoms with E-state index < -0.39 is 11.9 Å². The summed E-state index contributed by atoms with van der Waals surface area (Å²) in [6.45, 7) is 2.23. The Hall–Kier alpha value is -3.72. The van der Waals surface area contributed by atoms with Crippen LogP contribution >= 0.6 is 0 Å². The number of hydrogen-bond acceptors (Lipinski definition) is 4. The van der Waals surface area contributed by atoms with E-state index in [2.05, 4.69) is 17.2 Å². The molecule has 0 aromatic heterocycles. The number of amides is 1. The Kier molecular flexibility index (Phi) is 7.67. The number of carboxylic acid groups (broad SMARTS) is 1. The van der Waals surface area contributed by atoms with E-state index in [-0.39, 0.29) is 17.9 Å². The topological polar surface area (TPSA) is 84.9 Å². The SMILES string of the molecule is CCC#CCOc1ccc(/C=C/C(=O)Nc2ccccc2C(=O)O)cc1OC. The second-order valence-electron chi connectivity index (χ2n) is 5.58. The fourth-order valence-corrected chi connectivity index (χ4v) is 2.32. The molecule has 6 nitrogen and oxygen atoms in total. The smallest absolute Gasteiger partial charge is 0.337 e. The molecule has 0 atom stereocenters. The summed E-state index contributed by atoms with van der Waals surface area (Å²) >= 11 is 0. The molecule has 28 heavy (non-hydrogen) atoms. The Balaban J connectivity index is 2.07. The summed E-state index contributed by atoms with van der Waals surface area (Å²) in [5, 5.41) is 11.7. The molecule has 1 amide bonds. The van der Waals surface area contributed by atoms with Crippen LogP contribution in [0.5, 0.6) is 11.5 Å². The van der Waals surface area contributed by atoms with Gasteiger partial charge in [-0.2, -0.15) is 0 Å². The molecule has 2 N–H and O–H groups in total. The number of carboxylic acids is 1. The number of rotatable bonds is 7. The van der Waals surface area contributed by atoms with E-state index in [9.17, 15) is 9.59 Å². The first-order valence-corrected chi connectivity index (χ1v) is 8.63. The summed E-state index contributed by atoms with van der Waals surface area (Å²) in [4.78, 5) is 23.3. The van der Waals surface area contributed by atoms with Gasteiger partial charge in [0.1, 0.15) is 6.61 Å². The highest BCUT2D eigenvalue weighted by Crippen LogP contribution is 2.28. The molecule has 0 radical (unpaired) electrons. The molecule has 144 valence electrons. The van der Waals surface area contributed by atoms with Gasteiger partial charge in [-0.05, 0) is 35.9 Å². The van der Waals surface area contributed by atoms with Crippen molar-refractivity contribution in [1.29, 1.82) is 0 Å². The van der Waals surface area contributed by atoms with Gasteiger partial charge < -0.3 is 19.9 Å². The number of methoxy groups -OCH3 is 1. The van der Waals surface area contributed by atoms with Crippen LogP contribution in [-0.2, 0) is 4.79 Å². The minimum atomic E-state index is -1.11. The van der Waals surface area contributed by atoms with E-state index in [1.165, 1.54) is 25.3 Å². The Labute approximate surface area is 163 Å². The van der Waals surface area contributed by atoms with Gasteiger partial charge in [-0.25, -0.2) is 4.79 Å². The van der Waals surface area contributed by atoms with Gasteiger partial charge in [0.05, 0.1) is 18.4 Å². The highest BCUT2D eigenvalue weighted by atomic mass is 16.5. The van der Waals surface area contributed by atoms with Crippen molar-refractivity contribution in [3.05, 3.63) is 59.7 Å². The van der Waals surface area contributed by atoms with Gasteiger partial charge >= 0.3 is 5.97 Å². The van der Waals surface area contributed by atoms with E-state index in [0.29, 0.717) is 11.5 Å². The van der Waals surface area contributed by atoms with Gasteiger partial charge in [-0.1, -0.05) is 31.0 Å². The molecule has 0 unspecified atom stereocenters. The van der Waals surface area contributed by atoms with Crippen molar-refractivity contribution in [3.8, 4) is 23.3 Å². The number of carbonyl (C=O) groups is 2. The first-order valence-electron chi connectivity index (χ1n) is 8.63. The van der Waals surface area contributed by atoms with Gasteiger partial charge in [0.15, 0.2) is 11.5 Å². The zero-order valence-electron chi connectivity index (χ0n) is 15.7. The quantitative estimate of drug-likeness (QED) is 0.564. The van der Waals surface area contributed by atoms with Gasteiger partial charge in [0.25, 0.3) is 0 Å². The summed E-state index contributed by atoms with van der Waals surface area (Å²) in [5.74, 6) is 5.35. The second kappa shape index (κ2) is 10.4. The van der Waals surface area contributed by atoms with Crippen LogP contribution in [0, 0.1) is 11.8 Å². The van der Waals surface area contributed by atoms with E-state index in [4.69, 9.17) is 14.6 Å². The summed E-state index contributed by atoms with van der Waals surface area (Å²) in [5.41, 5.74) is 0.989. The summed E-state index contributed by atoms with van der Waals surface area (Å²) in [6.07, 6.45) is 3.69. The molecular weight excluding hydrogens is 358 g/mol. The number of para-hydroxylation sites is 1. The van der Waals surface area contributed by atoms with Crippen LogP contribution in [0.2, 0.25) is 0 Å². The van der Waals surface area contributed by atoms with Crippen LogP contribution in [-0.4, -0.2) is 30.7 Å². The lowest BCUT2D eigenvalue weighted by Gasteiger charge is -2.09. The van der Waals surface area contributed by atoms with Crippen molar-refractivity contribution in [2.45, 2.75) is 13.3 Å². The van der Waals surface area contributed by atoms with Gasteiger partial charge in [-0.3, -0.25) is 4.79 Å². The Bertz CT molecular complexity index is 937. The average molecular weight is 379 g/mol. The van der Waals surface area contributed by atoms with Crippen LogP contribution in [0.1, 0.15) is 29.3 Å². The van der Waals surface area contributed by atoms with Crippen molar-refractivity contribution < 1.29 is 24.2 Å². The number of hydrogen-bond donors (Lipinski definition) is 2. The molecule has 0 aliphatic rings. The lowest BCUT2D eigenvalue weighted by Crippen LogP contribution is -2.11. The Morgan fingerprint density at radius 2 is 1.93 bits per heavy atom. The molecule has 0 spiro atoms.